The van der Waals surface area contributed by atoms with Gasteiger partial charge in [0, 0.05) is 4.88 Å². The molecule has 0 spiro atoms. The Morgan fingerprint density at radius 2 is 1.70 bits per heavy atom. The number of ketones is 1. The van der Waals surface area contributed by atoms with E-state index in [1.807, 2.05) is 72.8 Å². The van der Waals surface area contributed by atoms with Crippen LogP contribution < -0.4 is 4.74 Å². The minimum Gasteiger partial charge on any atom is -0.497 e. The third-order valence-electron chi connectivity index (χ3n) is 3.45. The zero-order valence-electron chi connectivity index (χ0n) is 12.7. The fourth-order valence-corrected chi connectivity index (χ4v) is 3.13. The molecule has 0 unspecified atom stereocenters. The summed E-state index contributed by atoms with van der Waals surface area (Å²) in [6.45, 7) is 0. The highest BCUT2D eigenvalue weighted by molar-refractivity contribution is 7.17. The lowest BCUT2D eigenvalue weighted by molar-refractivity contribution is 0.105. The second-order valence-electron chi connectivity index (χ2n) is 5.00. The van der Waals surface area contributed by atoms with Gasteiger partial charge in [0.05, 0.1) is 12.0 Å². The zero-order valence-corrected chi connectivity index (χ0v) is 13.5. The van der Waals surface area contributed by atoms with Crippen molar-refractivity contribution in [2.45, 2.75) is 0 Å². The predicted octanol–water partition coefficient (Wildman–Crippen LogP) is 5.32. The van der Waals surface area contributed by atoms with Crippen molar-refractivity contribution in [3.05, 3.63) is 83.2 Å². The van der Waals surface area contributed by atoms with Crippen LogP contribution in [0.5, 0.6) is 5.75 Å². The number of carbonyl (C=O) groups is 1. The van der Waals surface area contributed by atoms with Gasteiger partial charge < -0.3 is 4.74 Å². The first-order valence-corrected chi connectivity index (χ1v) is 8.09. The van der Waals surface area contributed by atoms with Crippen molar-refractivity contribution in [1.29, 1.82) is 0 Å². The van der Waals surface area contributed by atoms with E-state index in [1.165, 1.54) is 11.3 Å². The average molecular weight is 320 g/mol. The monoisotopic (exact) mass is 320 g/mol. The van der Waals surface area contributed by atoms with Crippen LogP contribution >= 0.6 is 11.3 Å². The summed E-state index contributed by atoms with van der Waals surface area (Å²) in [4.78, 5) is 14.1. The molecule has 0 N–H and O–H groups in total. The van der Waals surface area contributed by atoms with Crippen molar-refractivity contribution in [3.8, 4) is 16.2 Å². The number of thiophene rings is 1. The van der Waals surface area contributed by atoms with Crippen molar-refractivity contribution in [3.63, 3.8) is 0 Å². The SMILES string of the molecule is COc1ccc(/C=C/C(=O)c2ccc(-c3ccccc3)s2)cc1. The second-order valence-corrected chi connectivity index (χ2v) is 6.08. The van der Waals surface area contributed by atoms with E-state index in [0.717, 1.165) is 26.6 Å². The van der Waals surface area contributed by atoms with Gasteiger partial charge in [0.1, 0.15) is 5.75 Å². The highest BCUT2D eigenvalue weighted by Gasteiger charge is 2.07. The van der Waals surface area contributed by atoms with E-state index in [0.29, 0.717) is 0 Å². The normalized spacial score (nSPS) is 10.8. The third-order valence-corrected chi connectivity index (χ3v) is 4.60. The summed E-state index contributed by atoms with van der Waals surface area (Å²) >= 11 is 1.51. The van der Waals surface area contributed by atoms with E-state index < -0.39 is 0 Å². The van der Waals surface area contributed by atoms with Gasteiger partial charge in [-0.1, -0.05) is 48.5 Å². The molecule has 3 rings (SSSR count). The highest BCUT2D eigenvalue weighted by atomic mass is 32.1. The van der Waals surface area contributed by atoms with Gasteiger partial charge in [-0.15, -0.1) is 11.3 Å². The molecular formula is C20H16O2S. The molecule has 2 nitrogen and oxygen atoms in total. The van der Waals surface area contributed by atoms with Crippen molar-refractivity contribution >= 4 is 23.2 Å². The lowest BCUT2D eigenvalue weighted by Crippen LogP contribution is -1.88. The Labute approximate surface area is 139 Å². The number of hydrogen-bond acceptors (Lipinski definition) is 3. The van der Waals surface area contributed by atoms with Crippen LogP contribution in [0.3, 0.4) is 0 Å². The molecule has 23 heavy (non-hydrogen) atoms. The van der Waals surface area contributed by atoms with Gasteiger partial charge in [-0.3, -0.25) is 4.79 Å². The number of carbonyl (C=O) groups excluding carboxylic acids is 1. The van der Waals surface area contributed by atoms with Crippen molar-refractivity contribution in [2.75, 3.05) is 7.11 Å². The standard InChI is InChI=1S/C20H16O2S/c1-22-17-10-7-15(8-11-17)9-12-18(21)20-14-13-19(23-20)16-5-3-2-4-6-16/h2-14H,1H3/b12-9+. The van der Waals surface area contributed by atoms with Gasteiger partial charge in [0.2, 0.25) is 0 Å². The Bertz CT molecular complexity index is 814. The number of rotatable bonds is 5. The number of methoxy groups -OCH3 is 1. The first-order chi connectivity index (χ1) is 11.3. The van der Waals surface area contributed by atoms with Gasteiger partial charge in [-0.2, -0.15) is 0 Å². The maximum Gasteiger partial charge on any atom is 0.195 e. The largest absolute Gasteiger partial charge is 0.497 e. The number of hydrogen-bond donors (Lipinski definition) is 0. The topological polar surface area (TPSA) is 26.3 Å². The molecule has 3 heteroatoms. The molecule has 0 aliphatic heterocycles. The van der Waals surface area contributed by atoms with Crippen LogP contribution in [-0.2, 0) is 0 Å². The number of benzene rings is 2. The molecule has 114 valence electrons. The van der Waals surface area contributed by atoms with Crippen molar-refractivity contribution in [2.24, 2.45) is 0 Å². The molecule has 1 heterocycles. The van der Waals surface area contributed by atoms with Gasteiger partial charge in [0.25, 0.3) is 0 Å². The quantitative estimate of drug-likeness (QED) is 0.470. The van der Waals surface area contributed by atoms with Crippen molar-refractivity contribution in [1.82, 2.24) is 0 Å². The molecule has 0 saturated carbocycles. The molecule has 0 radical (unpaired) electrons. The van der Waals surface area contributed by atoms with E-state index in [9.17, 15) is 4.79 Å². The van der Waals surface area contributed by atoms with Crippen LogP contribution in [0.25, 0.3) is 16.5 Å². The van der Waals surface area contributed by atoms with Gasteiger partial charge in [-0.25, -0.2) is 0 Å². The van der Waals surface area contributed by atoms with Crippen LogP contribution in [0.2, 0.25) is 0 Å². The summed E-state index contributed by atoms with van der Waals surface area (Å²) in [6.07, 6.45) is 3.44. The number of allylic oxidation sites excluding steroid dienone is 1. The summed E-state index contributed by atoms with van der Waals surface area (Å²) < 4.78 is 5.12. The van der Waals surface area contributed by atoms with E-state index in [4.69, 9.17) is 4.74 Å². The molecule has 0 aliphatic carbocycles. The minimum absolute atomic E-state index is 0.0213. The van der Waals surface area contributed by atoms with Crippen LogP contribution in [0, 0.1) is 0 Å². The third kappa shape index (κ3) is 3.76. The molecular weight excluding hydrogens is 304 g/mol. The Balaban J connectivity index is 1.73. The Morgan fingerprint density at radius 3 is 2.39 bits per heavy atom. The van der Waals surface area contributed by atoms with Gasteiger partial charge in [-0.05, 0) is 41.5 Å². The summed E-state index contributed by atoms with van der Waals surface area (Å²) in [5, 5.41) is 0. The molecule has 0 amide bonds. The fraction of sp³-hybridized carbons (Fsp3) is 0.0500. The van der Waals surface area contributed by atoms with Crippen LogP contribution in [-0.4, -0.2) is 12.9 Å². The first-order valence-electron chi connectivity index (χ1n) is 7.28. The lowest BCUT2D eigenvalue weighted by Gasteiger charge is -1.98. The van der Waals surface area contributed by atoms with Crippen LogP contribution in [0.15, 0.2) is 72.8 Å². The summed E-state index contributed by atoms with van der Waals surface area (Å²) in [5.41, 5.74) is 2.11. The van der Waals surface area contributed by atoms with E-state index in [1.54, 1.807) is 13.2 Å². The minimum atomic E-state index is 0.0213. The molecule has 2 aromatic carbocycles. The molecule has 0 fully saturated rings. The van der Waals surface area contributed by atoms with Gasteiger partial charge >= 0.3 is 0 Å². The van der Waals surface area contributed by atoms with Crippen LogP contribution in [0.4, 0.5) is 0 Å². The molecule has 1 aromatic heterocycles. The number of ether oxygens (including phenoxy) is 1. The molecule has 0 saturated heterocycles. The Kier molecular flexibility index (Phi) is 4.69. The molecule has 0 atom stereocenters. The van der Waals surface area contributed by atoms with Crippen LogP contribution in [0.1, 0.15) is 15.2 Å². The predicted molar refractivity (Wildman–Crippen MR) is 96.1 cm³/mol. The summed E-state index contributed by atoms with van der Waals surface area (Å²) in [7, 11) is 1.63. The average Bonchev–Trinajstić information content (AvgIpc) is 3.11. The Hall–Kier alpha value is -2.65. The zero-order chi connectivity index (χ0) is 16.1. The van der Waals surface area contributed by atoms with Gasteiger partial charge in [0.15, 0.2) is 5.78 Å². The van der Waals surface area contributed by atoms with E-state index >= 15 is 0 Å². The summed E-state index contributed by atoms with van der Waals surface area (Å²) in [6, 6.07) is 21.6. The highest BCUT2D eigenvalue weighted by Crippen LogP contribution is 2.28. The lowest BCUT2D eigenvalue weighted by atomic mass is 10.1. The molecule has 0 aliphatic rings. The van der Waals surface area contributed by atoms with Crippen molar-refractivity contribution < 1.29 is 9.53 Å². The fourth-order valence-electron chi connectivity index (χ4n) is 2.20. The molecule has 0 bridgehead atoms. The van der Waals surface area contributed by atoms with E-state index in [-0.39, 0.29) is 5.78 Å². The smallest absolute Gasteiger partial charge is 0.195 e. The molecule has 3 aromatic rings. The maximum atomic E-state index is 12.3. The first kappa shape index (κ1) is 15.3. The Morgan fingerprint density at radius 1 is 0.957 bits per heavy atom. The second kappa shape index (κ2) is 7.07. The summed E-state index contributed by atoms with van der Waals surface area (Å²) in [5.74, 6) is 0.826. The van der Waals surface area contributed by atoms with E-state index in [2.05, 4.69) is 0 Å². The maximum absolute atomic E-state index is 12.3.